The van der Waals surface area contributed by atoms with Crippen LogP contribution in [0.2, 0.25) is 5.82 Å². The lowest BCUT2D eigenvalue weighted by atomic mass is 9.64. The highest BCUT2D eigenvalue weighted by Gasteiger charge is 2.41. The molecule has 2 aliphatic rings. The van der Waals surface area contributed by atoms with Crippen LogP contribution in [0, 0.1) is 5.82 Å². The highest BCUT2D eigenvalue weighted by molar-refractivity contribution is 7.89. The number of fused-ring (bicyclic) bond motifs is 1. The number of carboxylic acid groups (broad SMARTS) is 1. The van der Waals surface area contributed by atoms with E-state index in [1.807, 2.05) is 0 Å². The van der Waals surface area contributed by atoms with Crippen molar-refractivity contribution in [1.29, 1.82) is 0 Å². The minimum absolute atomic E-state index is 0.00864. The van der Waals surface area contributed by atoms with Gasteiger partial charge < -0.3 is 25.0 Å². The number of hydrogen-bond donors (Lipinski definition) is 4. The largest absolute Gasteiger partial charge is 0.535 e. The lowest BCUT2D eigenvalue weighted by molar-refractivity contribution is -0.153. The molecule has 1 fully saturated rings. The first kappa shape index (κ1) is 30.6. The van der Waals surface area contributed by atoms with E-state index in [-0.39, 0.29) is 42.9 Å². The Morgan fingerprint density at radius 2 is 1.90 bits per heavy atom. The van der Waals surface area contributed by atoms with Crippen LogP contribution in [0.15, 0.2) is 41.3 Å². The minimum atomic E-state index is -4.46. The van der Waals surface area contributed by atoms with E-state index in [0.29, 0.717) is 16.5 Å². The number of nitrogens with one attached hydrogen (secondary N) is 1. The van der Waals surface area contributed by atoms with Crippen LogP contribution in [0.5, 0.6) is 5.75 Å². The van der Waals surface area contributed by atoms with E-state index in [2.05, 4.69) is 5.32 Å². The molecule has 2 heterocycles. The number of likely N-dealkylation sites (N-methyl/N-ethyl adjacent to an activating group) is 1. The maximum atomic E-state index is 14.7. The average molecular weight is 604 g/mol. The van der Waals surface area contributed by atoms with Gasteiger partial charge in [0.15, 0.2) is 5.78 Å². The molecular weight excluding hydrogens is 578 g/mol. The van der Waals surface area contributed by atoms with Crippen molar-refractivity contribution < 1.29 is 51.6 Å². The third kappa shape index (κ3) is 6.12. The topological polar surface area (TPSA) is 214 Å². The van der Waals surface area contributed by atoms with Crippen LogP contribution in [0.25, 0.3) is 0 Å². The van der Waals surface area contributed by atoms with Gasteiger partial charge in [0.25, 0.3) is 0 Å². The molecule has 4 rings (SSSR count). The van der Waals surface area contributed by atoms with Crippen LogP contribution >= 0.6 is 0 Å². The monoisotopic (exact) mass is 604 g/mol. The SMILES string of the molecule is CCN1CCN(C(=O)NC(C(=O)C[C@H]2Cc3cccc(C(=O)O)c3OB2O)c2ccc(S(N)(=O)=O)c(F)c2)C(=O)C1=O. The molecule has 2 aliphatic heterocycles. The van der Waals surface area contributed by atoms with Gasteiger partial charge >= 0.3 is 30.9 Å². The fourth-order valence-electron chi connectivity index (χ4n) is 4.85. The van der Waals surface area contributed by atoms with Crippen molar-refractivity contribution in [3.05, 3.63) is 58.9 Å². The third-order valence-electron chi connectivity index (χ3n) is 7.04. The zero-order chi connectivity index (χ0) is 30.9. The van der Waals surface area contributed by atoms with Crippen LogP contribution in [-0.4, -0.2) is 84.7 Å². The van der Waals surface area contributed by atoms with Gasteiger partial charge in [-0.15, -0.1) is 0 Å². The van der Waals surface area contributed by atoms with Crippen molar-refractivity contribution in [3.8, 4) is 5.75 Å². The van der Waals surface area contributed by atoms with Crippen molar-refractivity contribution >= 4 is 46.7 Å². The molecule has 4 amide bonds. The number of urea groups is 1. The summed E-state index contributed by atoms with van der Waals surface area (Å²) in [7, 11) is -6.08. The van der Waals surface area contributed by atoms with E-state index in [1.165, 1.54) is 17.0 Å². The number of amides is 4. The van der Waals surface area contributed by atoms with E-state index < -0.39 is 75.7 Å². The van der Waals surface area contributed by atoms with Crippen molar-refractivity contribution in [2.75, 3.05) is 19.6 Å². The van der Waals surface area contributed by atoms with Gasteiger partial charge in [0.1, 0.15) is 22.5 Å². The molecule has 0 radical (unpaired) electrons. The van der Waals surface area contributed by atoms with E-state index in [1.54, 1.807) is 13.0 Å². The number of Topliss-reactive ketones (excluding diaryl/α,β-unsaturated/α-hetero) is 1. The van der Waals surface area contributed by atoms with Crippen LogP contribution in [0.4, 0.5) is 9.18 Å². The second kappa shape index (κ2) is 11.9. The average Bonchev–Trinajstić information content (AvgIpc) is 2.92. The van der Waals surface area contributed by atoms with Gasteiger partial charge in [0.05, 0.1) is 5.56 Å². The maximum Gasteiger partial charge on any atom is 0.526 e. The van der Waals surface area contributed by atoms with E-state index >= 15 is 0 Å². The van der Waals surface area contributed by atoms with Crippen LogP contribution < -0.4 is 15.1 Å². The summed E-state index contributed by atoms with van der Waals surface area (Å²) in [5.41, 5.74) is 0.0123. The molecule has 2 aromatic rings. The third-order valence-corrected chi connectivity index (χ3v) is 7.98. The number of primary sulfonamides is 1. The lowest BCUT2D eigenvalue weighted by Gasteiger charge is -2.33. The smallest absolute Gasteiger partial charge is 0.526 e. The number of ketones is 1. The second-order valence-corrected chi connectivity index (χ2v) is 11.2. The first-order valence-corrected chi connectivity index (χ1v) is 14.2. The summed E-state index contributed by atoms with van der Waals surface area (Å²) in [5.74, 6) is -6.42. The molecule has 0 saturated carbocycles. The summed E-state index contributed by atoms with van der Waals surface area (Å²) >= 11 is 0. The van der Waals surface area contributed by atoms with Gasteiger partial charge in [-0.3, -0.25) is 19.3 Å². The number of aromatic carboxylic acids is 1. The Morgan fingerprint density at radius 3 is 2.52 bits per heavy atom. The van der Waals surface area contributed by atoms with Gasteiger partial charge in [0.2, 0.25) is 10.0 Å². The second-order valence-electron chi connectivity index (χ2n) is 9.70. The molecule has 0 aliphatic carbocycles. The van der Waals surface area contributed by atoms with E-state index in [9.17, 15) is 46.9 Å². The zero-order valence-electron chi connectivity index (χ0n) is 22.2. The standard InChI is InChI=1S/C25H26BFN4O10S/c1-2-30-8-9-31(23(34)22(30)33)25(37)29-20(13-6-7-19(17(27)11-13)42(28,39)40)18(32)12-15-10-14-4-3-5-16(24(35)36)21(14)41-26(15)38/h3-7,11,15,20,38H,2,8-10,12H2,1H3,(H,29,37)(H,35,36)(H2,28,39,40)/t15-,20?/m1/s1. The molecule has 0 bridgehead atoms. The number of hydrogen-bond acceptors (Lipinski definition) is 9. The van der Waals surface area contributed by atoms with Gasteiger partial charge in [-0.05, 0) is 42.7 Å². The Morgan fingerprint density at radius 1 is 1.19 bits per heavy atom. The number of sulfonamides is 1. The van der Waals surface area contributed by atoms with Gasteiger partial charge in [-0.1, -0.05) is 18.2 Å². The molecule has 222 valence electrons. The Bertz CT molecular complexity index is 1590. The van der Waals surface area contributed by atoms with E-state index in [0.717, 1.165) is 12.1 Å². The molecule has 1 unspecified atom stereocenters. The molecule has 0 spiro atoms. The number of nitrogens with two attached hydrogens (primary N) is 1. The minimum Gasteiger partial charge on any atom is -0.535 e. The number of piperazine rings is 1. The molecule has 5 N–H and O–H groups in total. The number of nitrogens with zero attached hydrogens (tertiary/aromatic N) is 2. The zero-order valence-corrected chi connectivity index (χ0v) is 23.0. The number of carbonyl (C=O) groups excluding carboxylic acids is 4. The summed E-state index contributed by atoms with van der Waals surface area (Å²) in [6.07, 6.45) is -0.466. The number of carboxylic acids is 1. The van der Waals surface area contributed by atoms with Crippen LogP contribution in [-0.2, 0) is 30.8 Å². The van der Waals surface area contributed by atoms with Crippen molar-refractivity contribution in [2.45, 2.75) is 36.5 Å². The number of imide groups is 1. The number of halogens is 1. The maximum absolute atomic E-state index is 14.7. The lowest BCUT2D eigenvalue weighted by Crippen LogP contribution is -2.58. The quantitative estimate of drug-likeness (QED) is 0.235. The fraction of sp³-hybridized carbons (Fsp3) is 0.320. The van der Waals surface area contributed by atoms with Crippen molar-refractivity contribution in [1.82, 2.24) is 15.1 Å². The fourth-order valence-corrected chi connectivity index (χ4v) is 5.44. The van der Waals surface area contributed by atoms with Crippen molar-refractivity contribution in [3.63, 3.8) is 0 Å². The normalized spacial score (nSPS) is 17.8. The van der Waals surface area contributed by atoms with Gasteiger partial charge in [-0.25, -0.2) is 27.5 Å². The number of rotatable bonds is 8. The molecule has 1 saturated heterocycles. The first-order chi connectivity index (χ1) is 19.7. The summed E-state index contributed by atoms with van der Waals surface area (Å²) < 4.78 is 43.5. The van der Waals surface area contributed by atoms with Gasteiger partial charge in [0, 0.05) is 31.9 Å². The molecule has 2 aromatic carbocycles. The molecule has 14 nitrogen and oxygen atoms in total. The predicted molar refractivity (Wildman–Crippen MR) is 142 cm³/mol. The number of benzene rings is 2. The molecule has 2 atom stereocenters. The number of para-hydroxylation sites is 1. The summed E-state index contributed by atoms with van der Waals surface area (Å²) in [6.45, 7) is 1.76. The Kier molecular flexibility index (Phi) is 8.65. The highest BCUT2D eigenvalue weighted by atomic mass is 32.2. The Labute approximate surface area is 239 Å². The van der Waals surface area contributed by atoms with Gasteiger partial charge in [-0.2, -0.15) is 0 Å². The van der Waals surface area contributed by atoms with Crippen molar-refractivity contribution in [2.24, 2.45) is 5.14 Å². The Hall–Kier alpha value is -4.35. The first-order valence-electron chi connectivity index (χ1n) is 12.7. The molecule has 0 aromatic heterocycles. The summed E-state index contributed by atoms with van der Waals surface area (Å²) in [6, 6.07) is 4.08. The summed E-state index contributed by atoms with van der Waals surface area (Å²) in [4.78, 5) is 64.0. The molecule has 42 heavy (non-hydrogen) atoms. The van der Waals surface area contributed by atoms with E-state index in [4.69, 9.17) is 9.79 Å². The van der Waals surface area contributed by atoms with Crippen LogP contribution in [0.1, 0.15) is 40.9 Å². The predicted octanol–water partition coefficient (Wildman–Crippen LogP) is 0.0577. The van der Waals surface area contributed by atoms with Crippen LogP contribution in [0.3, 0.4) is 0 Å². The highest BCUT2D eigenvalue weighted by Crippen LogP contribution is 2.37. The number of carbonyl (C=O) groups is 5. The molecule has 17 heteroatoms. The Balaban J connectivity index is 1.63. The molecular formula is C25H26BFN4O10S. The summed E-state index contributed by atoms with van der Waals surface area (Å²) in [5, 5.41) is 27.3.